The first-order chi connectivity index (χ1) is 16.5. The molecule has 0 aliphatic carbocycles. The molecular formula is C26H47N5O3. The van der Waals surface area contributed by atoms with E-state index in [2.05, 4.69) is 17.2 Å². The van der Waals surface area contributed by atoms with Crippen molar-refractivity contribution >= 4 is 11.2 Å². The van der Waals surface area contributed by atoms with Gasteiger partial charge < -0.3 is 15.0 Å². The Morgan fingerprint density at radius 2 is 1.38 bits per heavy atom. The van der Waals surface area contributed by atoms with Crippen LogP contribution in [0.4, 0.5) is 0 Å². The van der Waals surface area contributed by atoms with Gasteiger partial charge in [-0.1, -0.05) is 77.6 Å². The zero-order valence-corrected chi connectivity index (χ0v) is 21.7. The van der Waals surface area contributed by atoms with E-state index in [-0.39, 0.29) is 0 Å². The summed E-state index contributed by atoms with van der Waals surface area (Å²) in [7, 11) is 3.29. The smallest absolute Gasteiger partial charge is 0.334 e. The maximum Gasteiger partial charge on any atom is 0.334 e. The second-order valence-corrected chi connectivity index (χ2v) is 9.66. The molecule has 0 spiro atoms. The summed E-state index contributed by atoms with van der Waals surface area (Å²) >= 11 is 0. The van der Waals surface area contributed by atoms with Crippen LogP contribution >= 0.6 is 0 Å². The fraction of sp³-hybridized carbons (Fsp3) is 0.808. The van der Waals surface area contributed by atoms with Crippen LogP contribution in [0.1, 0.15) is 109 Å². The van der Waals surface area contributed by atoms with Crippen molar-refractivity contribution in [3.05, 3.63) is 27.2 Å². The van der Waals surface area contributed by atoms with E-state index in [1.807, 2.05) is 0 Å². The van der Waals surface area contributed by atoms with Gasteiger partial charge in [-0.05, 0) is 38.8 Å². The number of hydrogen-bond donors (Lipinski definition) is 2. The van der Waals surface area contributed by atoms with Gasteiger partial charge in [0.2, 0.25) is 0 Å². The van der Waals surface area contributed by atoms with Crippen LogP contribution in [0.25, 0.3) is 11.2 Å². The van der Waals surface area contributed by atoms with Gasteiger partial charge >= 0.3 is 5.69 Å². The largest absolute Gasteiger partial charge is 0.373 e. The van der Waals surface area contributed by atoms with Crippen molar-refractivity contribution in [2.75, 3.05) is 13.1 Å². The Bertz CT molecular complexity index is 946. The van der Waals surface area contributed by atoms with Crippen LogP contribution in [0.3, 0.4) is 0 Å². The molecular weight excluding hydrogens is 430 g/mol. The van der Waals surface area contributed by atoms with Crippen molar-refractivity contribution in [2.45, 2.75) is 109 Å². The minimum absolute atomic E-state index is 0.332. The SMILES string of the molecule is CCCCCCCCNCCCCCCCCCCC(O)n1c(=O)c2c(ncn2C)n(C)c1=O. The van der Waals surface area contributed by atoms with Gasteiger partial charge in [-0.25, -0.2) is 14.3 Å². The molecule has 1 unspecified atom stereocenters. The summed E-state index contributed by atoms with van der Waals surface area (Å²) < 4.78 is 3.88. The Morgan fingerprint density at radius 1 is 0.853 bits per heavy atom. The summed E-state index contributed by atoms with van der Waals surface area (Å²) in [6.07, 6.45) is 18.1. The number of aliphatic hydroxyl groups is 1. The van der Waals surface area contributed by atoms with E-state index in [0.717, 1.165) is 36.9 Å². The molecule has 2 aromatic rings. The average Bonchev–Trinajstić information content (AvgIpc) is 3.21. The summed E-state index contributed by atoms with van der Waals surface area (Å²) in [5.74, 6) is 0. The molecule has 0 aromatic carbocycles. The molecule has 0 aliphatic rings. The zero-order chi connectivity index (χ0) is 24.8. The van der Waals surface area contributed by atoms with Crippen LogP contribution in [0, 0.1) is 0 Å². The lowest BCUT2D eigenvalue weighted by Gasteiger charge is -2.14. The minimum Gasteiger partial charge on any atom is -0.373 e. The molecule has 8 heteroatoms. The third-order valence-corrected chi connectivity index (χ3v) is 6.72. The lowest BCUT2D eigenvalue weighted by molar-refractivity contribution is 0.0823. The molecule has 0 saturated carbocycles. The first kappa shape index (κ1) is 28.3. The van der Waals surface area contributed by atoms with Crippen LogP contribution < -0.4 is 16.6 Å². The molecule has 0 saturated heterocycles. The Labute approximate surface area is 204 Å². The van der Waals surface area contributed by atoms with E-state index in [0.29, 0.717) is 17.6 Å². The lowest BCUT2D eigenvalue weighted by Crippen LogP contribution is -2.42. The lowest BCUT2D eigenvalue weighted by atomic mass is 10.1. The van der Waals surface area contributed by atoms with E-state index < -0.39 is 17.5 Å². The molecule has 0 aliphatic heterocycles. The number of hydrogen-bond acceptors (Lipinski definition) is 5. The third kappa shape index (κ3) is 8.69. The van der Waals surface area contributed by atoms with Gasteiger partial charge in [0, 0.05) is 14.1 Å². The highest BCUT2D eigenvalue weighted by Gasteiger charge is 2.19. The molecule has 8 nitrogen and oxygen atoms in total. The molecule has 2 N–H and O–H groups in total. The highest BCUT2D eigenvalue weighted by molar-refractivity contribution is 5.69. The van der Waals surface area contributed by atoms with E-state index in [1.165, 1.54) is 81.5 Å². The molecule has 0 amide bonds. The molecule has 34 heavy (non-hydrogen) atoms. The monoisotopic (exact) mass is 477 g/mol. The predicted molar refractivity (Wildman–Crippen MR) is 139 cm³/mol. The normalized spacial score (nSPS) is 12.6. The number of rotatable bonds is 19. The van der Waals surface area contributed by atoms with Crippen LogP contribution in [-0.2, 0) is 14.1 Å². The molecule has 0 fully saturated rings. The summed E-state index contributed by atoms with van der Waals surface area (Å²) in [5, 5.41) is 14.1. The van der Waals surface area contributed by atoms with Crippen molar-refractivity contribution in [1.82, 2.24) is 24.0 Å². The van der Waals surface area contributed by atoms with Crippen molar-refractivity contribution in [2.24, 2.45) is 14.1 Å². The first-order valence-corrected chi connectivity index (χ1v) is 13.5. The number of aryl methyl sites for hydroxylation is 2. The number of aliphatic hydroxyl groups excluding tert-OH is 1. The minimum atomic E-state index is -1.10. The van der Waals surface area contributed by atoms with Crippen LogP contribution in [0.15, 0.2) is 15.9 Å². The standard InChI is InChI=1S/C26H47N5O3/c1-4-5-6-7-13-16-19-27-20-17-14-11-9-8-10-12-15-18-22(32)31-25(33)23-24(28-21-29(23)2)30(3)26(31)34/h21-22,27,32H,4-20H2,1-3H3. The van der Waals surface area contributed by atoms with E-state index in [4.69, 9.17) is 0 Å². The highest BCUT2D eigenvalue weighted by Crippen LogP contribution is 2.14. The first-order valence-electron chi connectivity index (χ1n) is 13.5. The quantitative estimate of drug-likeness (QED) is 0.293. The van der Waals surface area contributed by atoms with E-state index in [9.17, 15) is 14.7 Å². The van der Waals surface area contributed by atoms with Gasteiger partial charge in [0.05, 0.1) is 6.33 Å². The topological polar surface area (TPSA) is 94.1 Å². The van der Waals surface area contributed by atoms with Gasteiger partial charge in [-0.15, -0.1) is 0 Å². The molecule has 0 bridgehead atoms. The zero-order valence-electron chi connectivity index (χ0n) is 21.7. The molecule has 1 atom stereocenters. The average molecular weight is 478 g/mol. The summed E-state index contributed by atoms with van der Waals surface area (Å²) in [5.41, 5.74) is -0.328. The van der Waals surface area contributed by atoms with Gasteiger partial charge in [0.1, 0.15) is 6.23 Å². The fourth-order valence-electron chi connectivity index (χ4n) is 4.55. The highest BCUT2D eigenvalue weighted by atomic mass is 16.3. The van der Waals surface area contributed by atoms with E-state index >= 15 is 0 Å². The Balaban J connectivity index is 1.51. The van der Waals surface area contributed by atoms with Crippen LogP contribution in [-0.4, -0.2) is 36.9 Å². The molecule has 194 valence electrons. The van der Waals surface area contributed by atoms with Gasteiger partial charge in [0.25, 0.3) is 5.56 Å². The number of fused-ring (bicyclic) bond motifs is 1. The van der Waals surface area contributed by atoms with Gasteiger partial charge in [0.15, 0.2) is 11.2 Å². The van der Waals surface area contributed by atoms with Crippen molar-refractivity contribution in [3.8, 4) is 0 Å². The number of imidazole rings is 1. The summed E-state index contributed by atoms with van der Waals surface area (Å²) in [6.45, 7) is 4.55. The summed E-state index contributed by atoms with van der Waals surface area (Å²) in [6, 6.07) is 0. The van der Waals surface area contributed by atoms with Gasteiger partial charge in [-0.3, -0.25) is 9.36 Å². The Morgan fingerprint density at radius 3 is 1.97 bits per heavy atom. The second kappa shape index (κ2) is 15.9. The second-order valence-electron chi connectivity index (χ2n) is 9.66. The Kier molecular flexibility index (Phi) is 13.2. The summed E-state index contributed by atoms with van der Waals surface area (Å²) in [4.78, 5) is 29.4. The molecule has 2 aromatic heterocycles. The third-order valence-electron chi connectivity index (χ3n) is 6.72. The van der Waals surface area contributed by atoms with Crippen molar-refractivity contribution in [1.29, 1.82) is 0 Å². The number of unbranched alkanes of at least 4 members (excludes halogenated alkanes) is 12. The predicted octanol–water partition coefficient (Wildman–Crippen LogP) is 4.39. The van der Waals surface area contributed by atoms with Crippen molar-refractivity contribution in [3.63, 3.8) is 0 Å². The Hall–Kier alpha value is -1.93. The molecule has 2 rings (SSSR count). The fourth-order valence-corrected chi connectivity index (χ4v) is 4.55. The maximum absolute atomic E-state index is 12.7. The molecule has 0 radical (unpaired) electrons. The maximum atomic E-state index is 12.7. The van der Waals surface area contributed by atoms with Crippen molar-refractivity contribution < 1.29 is 5.11 Å². The number of nitrogens with one attached hydrogen (secondary N) is 1. The number of nitrogens with zero attached hydrogens (tertiary/aromatic N) is 4. The van der Waals surface area contributed by atoms with Gasteiger partial charge in [-0.2, -0.15) is 0 Å². The number of aromatic nitrogens is 4. The van der Waals surface area contributed by atoms with Crippen LogP contribution in [0.5, 0.6) is 0 Å². The van der Waals surface area contributed by atoms with Crippen LogP contribution in [0.2, 0.25) is 0 Å². The van der Waals surface area contributed by atoms with E-state index in [1.54, 1.807) is 18.7 Å². The molecule has 2 heterocycles.